The van der Waals surface area contributed by atoms with Gasteiger partial charge < -0.3 is 9.32 Å². The van der Waals surface area contributed by atoms with Gasteiger partial charge in [0.1, 0.15) is 30.6 Å². The molecule has 0 aromatic carbocycles. The molecule has 1 aromatic heterocycles. The van der Waals surface area contributed by atoms with Crippen LogP contribution in [0.1, 0.15) is 5.76 Å². The van der Waals surface area contributed by atoms with E-state index in [1.807, 2.05) is 18.2 Å². The third kappa shape index (κ3) is 2.90. The Kier molecular flexibility index (Phi) is 4.19. The monoisotopic (exact) mass is 212 g/mol. The van der Waals surface area contributed by atoms with E-state index in [0.29, 0.717) is 5.76 Å². The van der Waals surface area contributed by atoms with Gasteiger partial charge in [-0.25, -0.2) is 0 Å². The van der Waals surface area contributed by atoms with E-state index in [9.17, 15) is 0 Å². The van der Waals surface area contributed by atoms with Crippen molar-refractivity contribution in [2.24, 2.45) is 0 Å². The first kappa shape index (κ1) is 11.4. The number of nitrogens with zero attached hydrogens (tertiary/aromatic N) is 4. The van der Waals surface area contributed by atoms with Gasteiger partial charge in [0.2, 0.25) is 0 Å². The number of furan rings is 1. The Hall–Kier alpha value is -2.71. The molecule has 1 rings (SSSR count). The van der Waals surface area contributed by atoms with E-state index in [1.165, 1.54) is 17.2 Å². The number of nitriles is 3. The van der Waals surface area contributed by atoms with Gasteiger partial charge in [-0.15, -0.1) is 0 Å². The van der Waals surface area contributed by atoms with Gasteiger partial charge in [0.25, 0.3) is 0 Å². The van der Waals surface area contributed by atoms with Gasteiger partial charge in [-0.1, -0.05) is 0 Å². The zero-order valence-corrected chi connectivity index (χ0v) is 8.42. The summed E-state index contributed by atoms with van der Waals surface area (Å²) in [6, 6.07) is 9.12. The van der Waals surface area contributed by atoms with E-state index in [0.717, 1.165) is 0 Å². The third-order valence-electron chi connectivity index (χ3n) is 1.80. The second kappa shape index (κ2) is 5.90. The number of hydrogen-bond donors (Lipinski definition) is 0. The average molecular weight is 212 g/mol. The predicted octanol–water partition coefficient (Wildman–Crippen LogP) is 1.49. The molecule has 0 radical (unpaired) electrons. The van der Waals surface area contributed by atoms with Gasteiger partial charge in [-0.2, -0.15) is 15.8 Å². The summed E-state index contributed by atoms with van der Waals surface area (Å²) in [5.41, 5.74) is 0.234. The predicted molar refractivity (Wildman–Crippen MR) is 55.1 cm³/mol. The third-order valence-corrected chi connectivity index (χ3v) is 1.80. The van der Waals surface area contributed by atoms with Gasteiger partial charge in [-0.3, -0.25) is 0 Å². The van der Waals surface area contributed by atoms with Crippen molar-refractivity contribution < 1.29 is 4.42 Å². The zero-order chi connectivity index (χ0) is 11.8. The van der Waals surface area contributed by atoms with Crippen LogP contribution in [0.2, 0.25) is 0 Å². The molecule has 0 spiro atoms. The Bertz CT molecular complexity index is 466. The minimum Gasteiger partial charge on any atom is -0.465 e. The van der Waals surface area contributed by atoms with Crippen molar-refractivity contribution in [3.63, 3.8) is 0 Å². The second-order valence-electron chi connectivity index (χ2n) is 2.83. The van der Waals surface area contributed by atoms with Crippen LogP contribution in [0.15, 0.2) is 28.5 Å². The highest BCUT2D eigenvalue weighted by Crippen LogP contribution is 2.10. The second-order valence-corrected chi connectivity index (χ2v) is 2.83. The Morgan fingerprint density at radius 3 is 2.44 bits per heavy atom. The Morgan fingerprint density at radius 1 is 1.31 bits per heavy atom. The average Bonchev–Trinajstić information content (AvgIpc) is 2.78. The van der Waals surface area contributed by atoms with Crippen LogP contribution in [0.5, 0.6) is 0 Å². The summed E-state index contributed by atoms with van der Waals surface area (Å²) in [5.74, 6) is 0.512. The highest BCUT2D eigenvalue weighted by atomic mass is 16.3. The molecule has 0 unspecified atom stereocenters. The lowest BCUT2D eigenvalue weighted by Crippen LogP contribution is -2.22. The smallest absolute Gasteiger partial charge is 0.129 e. The summed E-state index contributed by atoms with van der Waals surface area (Å²) in [6.07, 6.45) is 2.98. The first-order valence-corrected chi connectivity index (χ1v) is 4.46. The first-order valence-electron chi connectivity index (χ1n) is 4.46. The molecule has 0 aliphatic carbocycles. The van der Waals surface area contributed by atoms with E-state index in [2.05, 4.69) is 0 Å². The van der Waals surface area contributed by atoms with Crippen LogP contribution in [0.3, 0.4) is 0 Å². The number of hydrogen-bond acceptors (Lipinski definition) is 5. The van der Waals surface area contributed by atoms with Crippen molar-refractivity contribution in [2.45, 2.75) is 0 Å². The van der Waals surface area contributed by atoms with E-state index in [4.69, 9.17) is 20.2 Å². The van der Waals surface area contributed by atoms with Crippen LogP contribution in [0, 0.1) is 34.0 Å². The molecule has 1 heterocycles. The fourth-order valence-electron chi connectivity index (χ4n) is 1.10. The topological polar surface area (TPSA) is 87.8 Å². The van der Waals surface area contributed by atoms with E-state index in [1.54, 1.807) is 12.1 Å². The van der Waals surface area contributed by atoms with Crippen LogP contribution in [0.25, 0.3) is 6.08 Å². The van der Waals surface area contributed by atoms with Gasteiger partial charge in [0.05, 0.1) is 18.4 Å². The van der Waals surface area contributed by atoms with Crippen molar-refractivity contribution in [2.75, 3.05) is 13.1 Å². The summed E-state index contributed by atoms with van der Waals surface area (Å²) < 4.78 is 5.05. The molecule has 5 heteroatoms. The summed E-state index contributed by atoms with van der Waals surface area (Å²) in [6.45, 7) is -0.0126. The van der Waals surface area contributed by atoms with Gasteiger partial charge in [0.15, 0.2) is 0 Å². The Morgan fingerprint density at radius 2 is 2.00 bits per heavy atom. The van der Waals surface area contributed by atoms with Crippen molar-refractivity contribution in [3.8, 4) is 18.2 Å². The highest BCUT2D eigenvalue weighted by Gasteiger charge is 2.08. The van der Waals surface area contributed by atoms with Gasteiger partial charge in [0, 0.05) is 6.08 Å². The minimum absolute atomic E-state index is 0.00629. The number of rotatable bonds is 4. The summed E-state index contributed by atoms with van der Waals surface area (Å²) in [7, 11) is 0. The van der Waals surface area contributed by atoms with Crippen LogP contribution in [-0.2, 0) is 0 Å². The molecule has 0 amide bonds. The standard InChI is InChI=1S/C11H8N4O/c12-3-5-15(6-4-13)10(9-14)8-11-2-1-7-16-11/h1-2,7-8H,5-6H2. The molecule has 1 aromatic rings. The largest absolute Gasteiger partial charge is 0.465 e. The molecule has 0 bridgehead atoms. The molecule has 0 aliphatic heterocycles. The lowest BCUT2D eigenvalue weighted by molar-refractivity contribution is 0.448. The van der Waals surface area contributed by atoms with Crippen LogP contribution in [-0.4, -0.2) is 18.0 Å². The van der Waals surface area contributed by atoms with E-state index < -0.39 is 0 Å². The maximum Gasteiger partial charge on any atom is 0.129 e. The maximum absolute atomic E-state index is 8.93. The Balaban J connectivity index is 2.93. The van der Waals surface area contributed by atoms with Crippen molar-refractivity contribution >= 4 is 6.08 Å². The Labute approximate surface area is 93.0 Å². The zero-order valence-electron chi connectivity index (χ0n) is 8.42. The maximum atomic E-state index is 8.93. The summed E-state index contributed by atoms with van der Waals surface area (Å²) in [5, 5.41) is 26.1. The molecule has 0 saturated carbocycles. The molecule has 0 atom stereocenters. The summed E-state index contributed by atoms with van der Waals surface area (Å²) in [4.78, 5) is 1.38. The molecule has 16 heavy (non-hydrogen) atoms. The molecular formula is C11H8N4O. The lowest BCUT2D eigenvalue weighted by atomic mass is 10.3. The number of allylic oxidation sites excluding steroid dienone is 1. The van der Waals surface area contributed by atoms with Crippen molar-refractivity contribution in [3.05, 3.63) is 29.9 Å². The first-order chi connectivity index (χ1) is 7.81. The molecule has 0 aliphatic rings. The fraction of sp³-hybridized carbons (Fsp3) is 0.182. The van der Waals surface area contributed by atoms with Crippen molar-refractivity contribution in [1.82, 2.24) is 4.90 Å². The van der Waals surface area contributed by atoms with Gasteiger partial charge >= 0.3 is 0 Å². The molecule has 0 N–H and O–H groups in total. The molecule has 0 fully saturated rings. The van der Waals surface area contributed by atoms with Crippen molar-refractivity contribution in [1.29, 1.82) is 15.8 Å². The SMILES string of the molecule is N#CCN(CC#N)C(C#N)=Cc1ccco1. The van der Waals surface area contributed by atoms with Crippen LogP contribution < -0.4 is 0 Å². The normalized spacial score (nSPS) is 9.94. The van der Waals surface area contributed by atoms with E-state index >= 15 is 0 Å². The fourth-order valence-corrected chi connectivity index (χ4v) is 1.10. The minimum atomic E-state index is -0.00629. The van der Waals surface area contributed by atoms with Gasteiger partial charge in [-0.05, 0) is 12.1 Å². The van der Waals surface area contributed by atoms with E-state index in [-0.39, 0.29) is 18.8 Å². The highest BCUT2D eigenvalue weighted by molar-refractivity contribution is 5.52. The summed E-state index contributed by atoms with van der Waals surface area (Å²) >= 11 is 0. The van der Waals surface area contributed by atoms with Crippen LogP contribution in [0.4, 0.5) is 0 Å². The molecule has 5 nitrogen and oxygen atoms in total. The molecule has 78 valence electrons. The molecular weight excluding hydrogens is 204 g/mol. The quantitative estimate of drug-likeness (QED) is 0.557. The molecule has 0 saturated heterocycles. The van der Waals surface area contributed by atoms with Crippen LogP contribution >= 0.6 is 0 Å². The lowest BCUT2D eigenvalue weighted by Gasteiger charge is -2.15.